The summed E-state index contributed by atoms with van der Waals surface area (Å²) in [5.41, 5.74) is 3.59. The van der Waals surface area contributed by atoms with Crippen molar-refractivity contribution in [2.24, 2.45) is 5.92 Å². The maximum Gasteiger partial charge on any atom is 0.164 e. The molecule has 3 atom stereocenters. The average Bonchev–Trinajstić information content (AvgIpc) is 2.72. The topological polar surface area (TPSA) is 47.6 Å². The SMILES string of the molecule is COc1c(OCc2ccccc2)ccc2c1[C@]13CCN[C@H](C2)[C@@H]1CCC(=O)C3. The van der Waals surface area contributed by atoms with E-state index in [1.165, 1.54) is 11.1 Å². The summed E-state index contributed by atoms with van der Waals surface area (Å²) in [7, 11) is 1.73. The summed E-state index contributed by atoms with van der Waals surface area (Å²) < 4.78 is 12.1. The molecule has 1 N–H and O–H groups in total. The Kier molecular flexibility index (Phi) is 4.39. The highest BCUT2D eigenvalue weighted by molar-refractivity contribution is 5.82. The standard InChI is InChI=1S/C24H27NO3/c1-27-23-21(28-15-16-5-3-2-4-6-16)10-7-17-13-20-19-9-8-18(26)14-24(19,22(17)23)11-12-25-20/h2-7,10,19-20,25H,8-9,11-15H2,1H3/t19-,20+,24-/m0/s1. The van der Waals surface area contributed by atoms with Crippen LogP contribution in [-0.2, 0) is 23.2 Å². The normalized spacial score (nSPS) is 28.2. The van der Waals surface area contributed by atoms with Gasteiger partial charge < -0.3 is 14.8 Å². The van der Waals surface area contributed by atoms with Crippen molar-refractivity contribution in [1.29, 1.82) is 0 Å². The van der Waals surface area contributed by atoms with Gasteiger partial charge in [0.05, 0.1) is 7.11 Å². The lowest BCUT2D eigenvalue weighted by Crippen LogP contribution is -2.60. The molecule has 2 fully saturated rings. The first-order valence-corrected chi connectivity index (χ1v) is 10.3. The summed E-state index contributed by atoms with van der Waals surface area (Å²) in [6.07, 6.45) is 4.33. The van der Waals surface area contributed by atoms with Crippen molar-refractivity contribution in [3.63, 3.8) is 0 Å². The van der Waals surface area contributed by atoms with E-state index >= 15 is 0 Å². The van der Waals surface area contributed by atoms with E-state index in [1.54, 1.807) is 7.11 Å². The fraction of sp³-hybridized carbons (Fsp3) is 0.458. The van der Waals surface area contributed by atoms with Gasteiger partial charge in [-0.15, -0.1) is 0 Å². The van der Waals surface area contributed by atoms with Crippen LogP contribution in [0.15, 0.2) is 42.5 Å². The van der Waals surface area contributed by atoms with E-state index in [0.29, 0.717) is 37.2 Å². The summed E-state index contributed by atoms with van der Waals surface area (Å²) in [6, 6.07) is 14.9. The summed E-state index contributed by atoms with van der Waals surface area (Å²) >= 11 is 0. The van der Waals surface area contributed by atoms with Gasteiger partial charge in [0.25, 0.3) is 0 Å². The van der Waals surface area contributed by atoms with Crippen molar-refractivity contribution in [2.45, 2.75) is 50.2 Å². The van der Waals surface area contributed by atoms with Crippen LogP contribution in [0.4, 0.5) is 0 Å². The van der Waals surface area contributed by atoms with Crippen molar-refractivity contribution in [1.82, 2.24) is 5.32 Å². The van der Waals surface area contributed by atoms with E-state index in [0.717, 1.165) is 42.9 Å². The molecule has 1 saturated carbocycles. The molecule has 28 heavy (non-hydrogen) atoms. The highest BCUT2D eigenvalue weighted by atomic mass is 16.5. The Morgan fingerprint density at radius 2 is 2.04 bits per heavy atom. The third-order valence-electron chi connectivity index (χ3n) is 7.01. The third kappa shape index (κ3) is 2.74. The number of piperidine rings is 1. The van der Waals surface area contributed by atoms with Crippen LogP contribution in [-0.4, -0.2) is 25.5 Å². The summed E-state index contributed by atoms with van der Waals surface area (Å²) in [4.78, 5) is 12.5. The van der Waals surface area contributed by atoms with Crippen LogP contribution < -0.4 is 14.8 Å². The quantitative estimate of drug-likeness (QED) is 0.880. The summed E-state index contributed by atoms with van der Waals surface area (Å²) in [6.45, 7) is 1.47. The first-order chi connectivity index (χ1) is 13.7. The second-order valence-electron chi connectivity index (χ2n) is 8.44. The molecule has 2 aromatic rings. The zero-order chi connectivity index (χ0) is 19.1. The number of carbonyl (C=O) groups excluding carboxylic acids is 1. The van der Waals surface area contributed by atoms with Gasteiger partial charge in [0.15, 0.2) is 11.5 Å². The number of benzene rings is 2. The molecule has 2 bridgehead atoms. The lowest BCUT2D eigenvalue weighted by atomic mass is 9.52. The second-order valence-corrected chi connectivity index (χ2v) is 8.44. The maximum atomic E-state index is 12.5. The maximum absolute atomic E-state index is 12.5. The van der Waals surface area contributed by atoms with Crippen molar-refractivity contribution >= 4 is 5.78 Å². The highest BCUT2D eigenvalue weighted by Crippen LogP contribution is 2.57. The largest absolute Gasteiger partial charge is 0.493 e. The predicted octanol–water partition coefficient (Wildman–Crippen LogP) is 3.80. The van der Waals surface area contributed by atoms with Crippen LogP contribution in [0.25, 0.3) is 0 Å². The molecular formula is C24H27NO3. The Labute approximate surface area is 166 Å². The molecule has 2 aromatic carbocycles. The minimum Gasteiger partial charge on any atom is -0.493 e. The molecule has 1 saturated heterocycles. The monoisotopic (exact) mass is 377 g/mol. The van der Waals surface area contributed by atoms with E-state index in [9.17, 15) is 4.79 Å². The van der Waals surface area contributed by atoms with Crippen LogP contribution in [0.2, 0.25) is 0 Å². The molecule has 1 heterocycles. The zero-order valence-corrected chi connectivity index (χ0v) is 16.4. The van der Waals surface area contributed by atoms with Crippen LogP contribution in [0.3, 0.4) is 0 Å². The van der Waals surface area contributed by atoms with Crippen LogP contribution in [0.5, 0.6) is 11.5 Å². The molecule has 1 aliphatic heterocycles. The van der Waals surface area contributed by atoms with E-state index in [2.05, 4.69) is 23.5 Å². The Balaban J connectivity index is 1.57. The van der Waals surface area contributed by atoms with Gasteiger partial charge in [-0.25, -0.2) is 0 Å². The molecule has 0 unspecified atom stereocenters. The number of nitrogens with one attached hydrogen (secondary N) is 1. The third-order valence-corrected chi connectivity index (χ3v) is 7.01. The molecule has 3 aliphatic rings. The molecule has 0 radical (unpaired) electrons. The summed E-state index contributed by atoms with van der Waals surface area (Å²) in [5.74, 6) is 2.52. The molecular weight excluding hydrogens is 350 g/mol. The fourth-order valence-electron chi connectivity index (χ4n) is 5.87. The molecule has 2 aliphatic carbocycles. The Morgan fingerprint density at radius 1 is 1.18 bits per heavy atom. The lowest BCUT2D eigenvalue weighted by Gasteiger charge is -2.55. The van der Waals surface area contributed by atoms with Crippen LogP contribution in [0, 0.1) is 5.92 Å². The minimum absolute atomic E-state index is 0.101. The highest BCUT2D eigenvalue weighted by Gasteiger charge is 2.55. The molecule has 0 amide bonds. The summed E-state index contributed by atoms with van der Waals surface area (Å²) in [5, 5.41) is 3.72. The van der Waals surface area contributed by atoms with Gasteiger partial charge in [-0.2, -0.15) is 0 Å². The molecule has 146 valence electrons. The fourth-order valence-corrected chi connectivity index (χ4v) is 5.87. The van der Waals surface area contributed by atoms with Crippen molar-refractivity contribution in [3.8, 4) is 11.5 Å². The number of Topliss-reactive ketones (excluding diaryl/α,β-unsaturated/α-hetero) is 1. The minimum atomic E-state index is -0.101. The van der Waals surface area contributed by atoms with Gasteiger partial charge in [0, 0.05) is 29.9 Å². The van der Waals surface area contributed by atoms with E-state index < -0.39 is 0 Å². The molecule has 4 nitrogen and oxygen atoms in total. The average molecular weight is 377 g/mol. The van der Waals surface area contributed by atoms with Crippen molar-refractivity contribution in [3.05, 3.63) is 59.2 Å². The van der Waals surface area contributed by atoms with Gasteiger partial charge >= 0.3 is 0 Å². The smallest absolute Gasteiger partial charge is 0.164 e. The number of hydrogen-bond acceptors (Lipinski definition) is 4. The van der Waals surface area contributed by atoms with E-state index in [1.807, 2.05) is 24.3 Å². The zero-order valence-electron chi connectivity index (χ0n) is 16.4. The first-order valence-electron chi connectivity index (χ1n) is 10.3. The lowest BCUT2D eigenvalue weighted by molar-refractivity contribution is -0.125. The van der Waals surface area contributed by atoms with Gasteiger partial charge in [-0.3, -0.25) is 4.79 Å². The molecule has 0 aromatic heterocycles. The Hall–Kier alpha value is -2.33. The number of hydrogen-bond donors (Lipinski definition) is 1. The first kappa shape index (κ1) is 17.7. The van der Waals surface area contributed by atoms with Crippen LogP contribution in [0.1, 0.15) is 42.4 Å². The molecule has 5 rings (SSSR count). The number of ether oxygens (including phenoxy) is 2. The van der Waals surface area contributed by atoms with Gasteiger partial charge in [0.1, 0.15) is 12.4 Å². The van der Waals surface area contributed by atoms with Crippen molar-refractivity contribution in [2.75, 3.05) is 13.7 Å². The van der Waals surface area contributed by atoms with Gasteiger partial charge in [-0.05, 0) is 48.9 Å². The van der Waals surface area contributed by atoms with E-state index in [4.69, 9.17) is 9.47 Å². The van der Waals surface area contributed by atoms with E-state index in [-0.39, 0.29) is 5.41 Å². The number of carbonyl (C=O) groups is 1. The number of fused-ring (bicyclic) bond motifs is 1. The predicted molar refractivity (Wildman–Crippen MR) is 108 cm³/mol. The number of rotatable bonds is 4. The van der Waals surface area contributed by atoms with Crippen LogP contribution >= 0.6 is 0 Å². The Bertz CT molecular complexity index is 894. The molecule has 4 heteroatoms. The second kappa shape index (κ2) is 6.93. The van der Waals surface area contributed by atoms with Crippen molar-refractivity contribution < 1.29 is 14.3 Å². The number of ketones is 1. The number of methoxy groups -OCH3 is 1. The Morgan fingerprint density at radius 3 is 2.86 bits per heavy atom. The van der Waals surface area contributed by atoms with Gasteiger partial charge in [-0.1, -0.05) is 36.4 Å². The molecule has 0 spiro atoms. The van der Waals surface area contributed by atoms with Gasteiger partial charge in [0.2, 0.25) is 0 Å².